The molecule has 1 aliphatic heterocycles. The predicted molar refractivity (Wildman–Crippen MR) is 124 cm³/mol. The average Bonchev–Trinajstić information content (AvgIpc) is 3.33. The lowest BCUT2D eigenvalue weighted by Crippen LogP contribution is -2.58. The van der Waals surface area contributed by atoms with Gasteiger partial charge < -0.3 is 14.5 Å². The summed E-state index contributed by atoms with van der Waals surface area (Å²) in [4.78, 5) is 27.5. The Bertz CT molecular complexity index is 1030. The fraction of sp³-hybridized carbons (Fsp3) is 0.615. The standard InChI is InChI=1S/C26H34N2O4/c29-24(27-18-26(12-3-1-4-13-26)28-14-5-2-6-15-28)17-31-19-10-11-21-20-8-7-9-22(20)25(30)32-23(21)16-19/h10-11,16H,1-9,12-15,17-18H2,(H,27,29). The first-order chi connectivity index (χ1) is 15.6. The third-order valence-corrected chi connectivity index (χ3v) is 7.74. The van der Waals surface area contributed by atoms with Crippen LogP contribution in [0.25, 0.3) is 11.0 Å². The van der Waals surface area contributed by atoms with Crippen LogP contribution < -0.4 is 15.7 Å². The van der Waals surface area contributed by atoms with Gasteiger partial charge in [0.15, 0.2) is 6.61 Å². The molecule has 6 nitrogen and oxygen atoms in total. The van der Waals surface area contributed by atoms with E-state index < -0.39 is 0 Å². The zero-order chi connectivity index (χ0) is 22.0. The highest BCUT2D eigenvalue weighted by Gasteiger charge is 2.38. The number of hydrogen-bond donors (Lipinski definition) is 1. The van der Waals surface area contributed by atoms with E-state index in [0.717, 1.165) is 48.9 Å². The van der Waals surface area contributed by atoms with Gasteiger partial charge in [-0.25, -0.2) is 4.79 Å². The molecule has 3 aliphatic rings. The molecule has 1 aromatic heterocycles. The Labute approximate surface area is 189 Å². The van der Waals surface area contributed by atoms with Crippen molar-refractivity contribution >= 4 is 16.9 Å². The number of rotatable bonds is 6. The highest BCUT2D eigenvalue weighted by Crippen LogP contribution is 2.35. The van der Waals surface area contributed by atoms with E-state index in [0.29, 0.717) is 17.9 Å². The van der Waals surface area contributed by atoms with Gasteiger partial charge in [0.25, 0.3) is 5.91 Å². The molecule has 0 spiro atoms. The molecule has 5 rings (SSSR count). The van der Waals surface area contributed by atoms with Crippen molar-refractivity contribution in [2.24, 2.45) is 0 Å². The van der Waals surface area contributed by atoms with Crippen molar-refractivity contribution in [3.63, 3.8) is 0 Å². The maximum atomic E-state index is 12.6. The fourth-order valence-corrected chi connectivity index (χ4v) is 6.00. The topological polar surface area (TPSA) is 71.8 Å². The van der Waals surface area contributed by atoms with Gasteiger partial charge >= 0.3 is 5.63 Å². The number of hydrogen-bond acceptors (Lipinski definition) is 5. The van der Waals surface area contributed by atoms with Gasteiger partial charge in [0, 0.05) is 29.1 Å². The Hall–Kier alpha value is -2.34. The van der Waals surface area contributed by atoms with Crippen molar-refractivity contribution in [3.8, 4) is 5.75 Å². The first-order valence-electron chi connectivity index (χ1n) is 12.4. The minimum atomic E-state index is -0.240. The van der Waals surface area contributed by atoms with Crippen LogP contribution in [0, 0.1) is 0 Å². The van der Waals surface area contributed by atoms with Gasteiger partial charge in [-0.3, -0.25) is 9.69 Å². The number of piperidine rings is 1. The molecule has 2 aliphatic carbocycles. The average molecular weight is 439 g/mol. The smallest absolute Gasteiger partial charge is 0.339 e. The highest BCUT2D eigenvalue weighted by molar-refractivity contribution is 5.83. The van der Waals surface area contributed by atoms with Crippen LogP contribution in [0.1, 0.15) is 68.9 Å². The van der Waals surface area contributed by atoms with Crippen molar-refractivity contribution < 1.29 is 13.9 Å². The molecule has 1 saturated heterocycles. The van der Waals surface area contributed by atoms with Crippen molar-refractivity contribution in [2.75, 3.05) is 26.2 Å². The van der Waals surface area contributed by atoms with Crippen LogP contribution in [-0.4, -0.2) is 42.6 Å². The second-order valence-corrected chi connectivity index (χ2v) is 9.76. The number of ether oxygens (including phenoxy) is 1. The first-order valence-corrected chi connectivity index (χ1v) is 12.4. The molecular formula is C26H34N2O4. The summed E-state index contributed by atoms with van der Waals surface area (Å²) in [5.74, 6) is 0.458. The van der Waals surface area contributed by atoms with Crippen LogP contribution in [-0.2, 0) is 17.6 Å². The SMILES string of the molecule is O=C(COc1ccc2c3c(c(=O)oc2c1)CCC3)NCC1(N2CCCCC2)CCCCC1. The van der Waals surface area contributed by atoms with E-state index in [9.17, 15) is 9.59 Å². The summed E-state index contributed by atoms with van der Waals surface area (Å²) < 4.78 is 11.3. The molecule has 1 N–H and O–H groups in total. The fourth-order valence-electron chi connectivity index (χ4n) is 6.00. The molecule has 2 fully saturated rings. The minimum Gasteiger partial charge on any atom is -0.484 e. The van der Waals surface area contributed by atoms with Gasteiger partial charge in [0.05, 0.1) is 0 Å². The van der Waals surface area contributed by atoms with Crippen molar-refractivity contribution in [1.29, 1.82) is 0 Å². The number of amides is 1. The number of likely N-dealkylation sites (tertiary alicyclic amines) is 1. The summed E-state index contributed by atoms with van der Waals surface area (Å²) >= 11 is 0. The van der Waals surface area contributed by atoms with Gasteiger partial charge in [-0.15, -0.1) is 0 Å². The number of nitrogens with one attached hydrogen (secondary N) is 1. The van der Waals surface area contributed by atoms with Gasteiger partial charge in [-0.05, 0) is 75.7 Å². The van der Waals surface area contributed by atoms with E-state index in [-0.39, 0.29) is 23.7 Å². The summed E-state index contributed by atoms with van der Waals surface area (Å²) in [5, 5.41) is 4.14. The lowest BCUT2D eigenvalue weighted by atomic mass is 9.79. The molecular weight excluding hydrogens is 404 g/mol. The third-order valence-electron chi connectivity index (χ3n) is 7.74. The van der Waals surface area contributed by atoms with Gasteiger partial charge in [-0.1, -0.05) is 25.7 Å². The van der Waals surface area contributed by atoms with E-state index in [2.05, 4.69) is 10.2 Å². The van der Waals surface area contributed by atoms with Crippen molar-refractivity contribution in [3.05, 3.63) is 39.7 Å². The lowest BCUT2D eigenvalue weighted by molar-refractivity contribution is -0.124. The molecule has 2 aromatic rings. The van der Waals surface area contributed by atoms with E-state index in [4.69, 9.17) is 9.15 Å². The van der Waals surface area contributed by atoms with E-state index in [1.807, 2.05) is 12.1 Å². The quantitative estimate of drug-likeness (QED) is 0.691. The van der Waals surface area contributed by atoms with Crippen LogP contribution in [0.2, 0.25) is 0 Å². The summed E-state index contributed by atoms with van der Waals surface area (Å²) in [6.45, 7) is 2.97. The Morgan fingerprint density at radius 2 is 1.75 bits per heavy atom. The molecule has 1 amide bonds. The number of carbonyl (C=O) groups is 1. The van der Waals surface area contributed by atoms with Crippen molar-refractivity contribution in [1.82, 2.24) is 10.2 Å². The summed E-state index contributed by atoms with van der Waals surface area (Å²) in [6.07, 6.45) is 12.7. The van der Waals surface area contributed by atoms with Crippen LogP contribution in [0.5, 0.6) is 5.75 Å². The van der Waals surface area contributed by atoms with Gasteiger partial charge in [0.2, 0.25) is 0 Å². The predicted octanol–water partition coefficient (Wildman–Crippen LogP) is 3.97. The minimum absolute atomic E-state index is 0.0310. The Kier molecular flexibility index (Phi) is 6.22. The van der Waals surface area contributed by atoms with Crippen LogP contribution in [0.3, 0.4) is 0 Å². The summed E-state index contributed by atoms with van der Waals surface area (Å²) in [5.41, 5.74) is 2.34. The lowest BCUT2D eigenvalue weighted by Gasteiger charge is -2.48. The zero-order valence-electron chi connectivity index (χ0n) is 18.9. The van der Waals surface area contributed by atoms with Gasteiger partial charge in [-0.2, -0.15) is 0 Å². The van der Waals surface area contributed by atoms with E-state index >= 15 is 0 Å². The summed E-state index contributed by atoms with van der Waals surface area (Å²) in [6, 6.07) is 5.55. The first kappa shape index (κ1) is 21.5. The molecule has 0 radical (unpaired) electrons. The molecule has 2 heterocycles. The van der Waals surface area contributed by atoms with E-state index in [1.54, 1.807) is 6.07 Å². The normalized spacial score (nSPS) is 20.8. The van der Waals surface area contributed by atoms with Crippen LogP contribution in [0.15, 0.2) is 27.4 Å². The number of carbonyl (C=O) groups excluding carboxylic acids is 1. The van der Waals surface area contributed by atoms with Crippen LogP contribution in [0.4, 0.5) is 0 Å². The molecule has 1 aromatic carbocycles. The van der Waals surface area contributed by atoms with Crippen LogP contribution >= 0.6 is 0 Å². The van der Waals surface area contributed by atoms with Gasteiger partial charge in [0.1, 0.15) is 11.3 Å². The molecule has 172 valence electrons. The molecule has 6 heteroatoms. The monoisotopic (exact) mass is 438 g/mol. The van der Waals surface area contributed by atoms with Crippen molar-refractivity contribution in [2.45, 2.75) is 76.2 Å². The highest BCUT2D eigenvalue weighted by atomic mass is 16.5. The Balaban J connectivity index is 1.21. The second-order valence-electron chi connectivity index (χ2n) is 9.76. The molecule has 32 heavy (non-hydrogen) atoms. The number of benzene rings is 1. The largest absolute Gasteiger partial charge is 0.484 e. The van der Waals surface area contributed by atoms with E-state index in [1.165, 1.54) is 51.4 Å². The molecule has 0 atom stereocenters. The Morgan fingerprint density at radius 3 is 2.56 bits per heavy atom. The number of aryl methyl sites for hydroxylation is 1. The second kappa shape index (κ2) is 9.26. The number of nitrogens with zero attached hydrogens (tertiary/aromatic N) is 1. The third kappa shape index (κ3) is 4.29. The maximum absolute atomic E-state index is 12.6. The molecule has 1 saturated carbocycles. The molecule has 0 unspecified atom stereocenters. The summed E-state index contributed by atoms with van der Waals surface area (Å²) in [7, 11) is 0. The maximum Gasteiger partial charge on any atom is 0.339 e. The Morgan fingerprint density at radius 1 is 1.00 bits per heavy atom. The molecule has 0 bridgehead atoms. The zero-order valence-corrected chi connectivity index (χ0v) is 18.9. The number of fused-ring (bicyclic) bond motifs is 3.